The molecule has 1 aromatic carbocycles. The molecule has 5 heteroatoms. The summed E-state index contributed by atoms with van der Waals surface area (Å²) in [4.78, 5) is 15.4. The van der Waals surface area contributed by atoms with E-state index in [0.717, 1.165) is 18.6 Å². The number of benzene rings is 1. The average Bonchev–Trinajstić information content (AvgIpc) is 2.39. The van der Waals surface area contributed by atoms with Crippen LogP contribution in [0.2, 0.25) is 0 Å². The van der Waals surface area contributed by atoms with Crippen molar-refractivity contribution in [1.29, 1.82) is 0 Å². The van der Waals surface area contributed by atoms with E-state index in [1.165, 1.54) is 24.0 Å². The van der Waals surface area contributed by atoms with Crippen LogP contribution < -0.4 is 16.2 Å². The topological polar surface area (TPSA) is 73.6 Å². The molecular formula is C13H18N2O3. The van der Waals surface area contributed by atoms with Gasteiger partial charge in [-0.3, -0.25) is 4.79 Å². The molecule has 0 radical (unpaired) electrons. The fourth-order valence-corrected chi connectivity index (χ4v) is 2.17. The third-order valence-corrected chi connectivity index (χ3v) is 3.07. The number of nitrogens with two attached hydrogens (primary N) is 1. The lowest BCUT2D eigenvalue weighted by Gasteiger charge is -2.16. The number of nitrogens with one attached hydrogen (secondary N) is 1. The van der Waals surface area contributed by atoms with E-state index in [1.54, 1.807) is 0 Å². The van der Waals surface area contributed by atoms with Gasteiger partial charge in [0.05, 0.1) is 13.0 Å². The fraction of sp³-hybridized carbons (Fsp3) is 0.462. The number of hydrogen-bond acceptors (Lipinski definition) is 5. The van der Waals surface area contributed by atoms with Gasteiger partial charge in [0, 0.05) is 0 Å². The molecule has 0 amide bonds. The van der Waals surface area contributed by atoms with Gasteiger partial charge in [0.1, 0.15) is 5.75 Å². The quantitative estimate of drug-likeness (QED) is 0.608. The molecule has 0 atom stereocenters. The number of carbonyl (C=O) groups is 1. The Bertz CT molecular complexity index is 421. The van der Waals surface area contributed by atoms with E-state index < -0.39 is 5.97 Å². The molecule has 0 unspecified atom stereocenters. The highest BCUT2D eigenvalue weighted by molar-refractivity contribution is 5.69. The molecule has 1 aliphatic carbocycles. The van der Waals surface area contributed by atoms with Crippen LogP contribution in [0.25, 0.3) is 0 Å². The minimum Gasteiger partial charge on any atom is -0.493 e. The van der Waals surface area contributed by atoms with Crippen LogP contribution in [0.15, 0.2) is 18.2 Å². The molecule has 0 aliphatic heterocycles. The minimum atomic E-state index is -0.435. The van der Waals surface area contributed by atoms with Crippen LogP contribution in [0.3, 0.4) is 0 Å². The Balaban J connectivity index is 1.84. The summed E-state index contributed by atoms with van der Waals surface area (Å²) in [5, 5.41) is 0. The predicted octanol–water partition coefficient (Wildman–Crippen LogP) is 1.26. The van der Waals surface area contributed by atoms with Crippen molar-refractivity contribution in [3.8, 4) is 5.75 Å². The van der Waals surface area contributed by atoms with Crippen LogP contribution >= 0.6 is 0 Å². The Morgan fingerprint density at radius 2 is 2.06 bits per heavy atom. The zero-order valence-electron chi connectivity index (χ0n) is 10.3. The van der Waals surface area contributed by atoms with Crippen molar-refractivity contribution in [2.75, 3.05) is 6.61 Å². The largest absolute Gasteiger partial charge is 0.493 e. The summed E-state index contributed by atoms with van der Waals surface area (Å²) < 4.78 is 5.52. The van der Waals surface area contributed by atoms with Gasteiger partial charge in [0.25, 0.3) is 0 Å². The molecule has 0 aromatic heterocycles. The first kappa shape index (κ1) is 12.9. The van der Waals surface area contributed by atoms with E-state index in [4.69, 9.17) is 10.6 Å². The molecule has 0 fully saturated rings. The fourth-order valence-electron chi connectivity index (χ4n) is 2.17. The van der Waals surface area contributed by atoms with Crippen LogP contribution in [-0.4, -0.2) is 12.6 Å². The summed E-state index contributed by atoms with van der Waals surface area (Å²) in [6.07, 6.45) is 4.95. The number of hydrogen-bond donors (Lipinski definition) is 2. The molecule has 3 N–H and O–H groups in total. The molecule has 98 valence electrons. The Morgan fingerprint density at radius 1 is 1.28 bits per heavy atom. The number of rotatable bonds is 5. The van der Waals surface area contributed by atoms with Crippen molar-refractivity contribution in [3.05, 3.63) is 29.3 Å². The second kappa shape index (κ2) is 6.37. The van der Waals surface area contributed by atoms with Crippen molar-refractivity contribution in [3.63, 3.8) is 0 Å². The average molecular weight is 250 g/mol. The SMILES string of the molecule is NNOC(=O)CCOc1ccc2c(c1)CCCC2. The smallest absolute Gasteiger partial charge is 0.329 e. The molecule has 5 nitrogen and oxygen atoms in total. The second-order valence-electron chi connectivity index (χ2n) is 4.33. The third-order valence-electron chi connectivity index (χ3n) is 3.07. The van der Waals surface area contributed by atoms with Crippen LogP contribution in [0, 0.1) is 0 Å². The molecule has 18 heavy (non-hydrogen) atoms. The van der Waals surface area contributed by atoms with E-state index in [9.17, 15) is 4.79 Å². The summed E-state index contributed by atoms with van der Waals surface area (Å²) in [6.45, 7) is 0.291. The van der Waals surface area contributed by atoms with Gasteiger partial charge in [0.15, 0.2) is 0 Å². The zero-order chi connectivity index (χ0) is 12.8. The lowest BCUT2D eigenvalue weighted by molar-refractivity contribution is -0.151. The highest BCUT2D eigenvalue weighted by atomic mass is 16.7. The first-order chi connectivity index (χ1) is 8.79. The van der Waals surface area contributed by atoms with Gasteiger partial charge in [-0.25, -0.2) is 5.84 Å². The van der Waals surface area contributed by atoms with Crippen molar-refractivity contribution in [2.24, 2.45) is 5.84 Å². The Labute approximate surface area is 106 Å². The van der Waals surface area contributed by atoms with Crippen molar-refractivity contribution in [1.82, 2.24) is 5.59 Å². The number of aryl methyl sites for hydroxylation is 2. The van der Waals surface area contributed by atoms with E-state index >= 15 is 0 Å². The van der Waals surface area contributed by atoms with Gasteiger partial charge >= 0.3 is 5.97 Å². The summed E-state index contributed by atoms with van der Waals surface area (Å²) in [7, 11) is 0. The minimum absolute atomic E-state index is 0.168. The number of carbonyl (C=O) groups excluding carboxylic acids is 1. The second-order valence-corrected chi connectivity index (χ2v) is 4.33. The van der Waals surface area contributed by atoms with Gasteiger partial charge in [-0.05, 0) is 48.9 Å². The molecule has 1 aliphatic rings. The molecule has 0 saturated heterocycles. The first-order valence-electron chi connectivity index (χ1n) is 6.19. The van der Waals surface area contributed by atoms with Gasteiger partial charge in [-0.15, -0.1) is 0 Å². The van der Waals surface area contributed by atoms with Gasteiger partial charge in [0.2, 0.25) is 0 Å². The van der Waals surface area contributed by atoms with Crippen LogP contribution in [-0.2, 0) is 22.5 Å². The Kier molecular flexibility index (Phi) is 4.55. The first-order valence-corrected chi connectivity index (χ1v) is 6.19. The van der Waals surface area contributed by atoms with Crippen LogP contribution in [0.5, 0.6) is 5.75 Å². The van der Waals surface area contributed by atoms with Gasteiger partial charge in [-0.2, -0.15) is 0 Å². The van der Waals surface area contributed by atoms with Crippen molar-refractivity contribution >= 4 is 5.97 Å². The highest BCUT2D eigenvalue weighted by Gasteiger charge is 2.10. The molecule has 0 spiro atoms. The van der Waals surface area contributed by atoms with Crippen LogP contribution in [0.4, 0.5) is 0 Å². The molecule has 0 bridgehead atoms. The third kappa shape index (κ3) is 3.45. The van der Waals surface area contributed by atoms with Crippen molar-refractivity contribution in [2.45, 2.75) is 32.1 Å². The molecule has 0 saturated carbocycles. The lowest BCUT2D eigenvalue weighted by Crippen LogP contribution is -2.26. The standard InChI is InChI=1S/C13H18N2O3/c14-15-18-13(16)7-8-17-12-6-5-10-3-1-2-4-11(10)9-12/h5-6,9,15H,1-4,7-8,14H2. The maximum absolute atomic E-state index is 11.0. The molecule has 0 heterocycles. The monoisotopic (exact) mass is 250 g/mol. The maximum atomic E-state index is 11.0. The highest BCUT2D eigenvalue weighted by Crippen LogP contribution is 2.25. The van der Waals surface area contributed by atoms with E-state index in [2.05, 4.69) is 17.0 Å². The molecular weight excluding hydrogens is 232 g/mol. The predicted molar refractivity (Wildman–Crippen MR) is 66.6 cm³/mol. The normalized spacial score (nSPS) is 13.8. The molecule has 2 rings (SSSR count). The lowest BCUT2D eigenvalue weighted by atomic mass is 9.92. The summed E-state index contributed by atoms with van der Waals surface area (Å²) in [5.74, 6) is 5.23. The summed E-state index contributed by atoms with van der Waals surface area (Å²) in [6, 6.07) is 6.14. The zero-order valence-corrected chi connectivity index (χ0v) is 10.3. The van der Waals surface area contributed by atoms with E-state index in [1.807, 2.05) is 11.7 Å². The van der Waals surface area contributed by atoms with E-state index in [0.29, 0.717) is 6.61 Å². The summed E-state index contributed by atoms with van der Waals surface area (Å²) >= 11 is 0. The maximum Gasteiger partial charge on any atom is 0.329 e. The van der Waals surface area contributed by atoms with Crippen molar-refractivity contribution < 1.29 is 14.4 Å². The van der Waals surface area contributed by atoms with Gasteiger partial charge < -0.3 is 9.57 Å². The molecule has 1 aromatic rings. The number of fused-ring (bicyclic) bond motifs is 1. The number of hydrazine groups is 1. The Morgan fingerprint density at radius 3 is 2.83 bits per heavy atom. The van der Waals surface area contributed by atoms with Crippen LogP contribution in [0.1, 0.15) is 30.4 Å². The Hall–Kier alpha value is -1.59. The number of ether oxygens (including phenoxy) is 1. The van der Waals surface area contributed by atoms with Gasteiger partial charge in [-0.1, -0.05) is 11.7 Å². The van der Waals surface area contributed by atoms with E-state index in [-0.39, 0.29) is 6.42 Å². The summed E-state index contributed by atoms with van der Waals surface area (Å²) in [5.41, 5.74) is 4.63.